The number of ether oxygens (including phenoxy) is 2. The van der Waals surface area contributed by atoms with E-state index < -0.39 is 19.0 Å². The van der Waals surface area contributed by atoms with Gasteiger partial charge in [0.15, 0.2) is 0 Å². The van der Waals surface area contributed by atoms with E-state index in [9.17, 15) is 5.11 Å². The fraction of sp³-hybridized carbons (Fsp3) is 0.100. The van der Waals surface area contributed by atoms with Crippen molar-refractivity contribution in [2.75, 3.05) is 14.2 Å². The molecule has 0 fully saturated rings. The lowest BCUT2D eigenvalue weighted by Gasteiger charge is -2.32. The Bertz CT molecular complexity index is 1390. The summed E-state index contributed by atoms with van der Waals surface area (Å²) in [6, 6.07) is 38.2. The van der Waals surface area contributed by atoms with Crippen molar-refractivity contribution >= 4 is 23.2 Å². The van der Waals surface area contributed by atoms with Crippen LogP contribution in [0.1, 0.15) is 5.78 Å². The van der Waals surface area contributed by atoms with Gasteiger partial charge in [-0.3, -0.25) is 0 Å². The molecule has 7 nitrogen and oxygen atoms in total. The second-order valence-corrected chi connectivity index (χ2v) is 12.0. The third kappa shape index (κ3) is 4.76. The summed E-state index contributed by atoms with van der Waals surface area (Å²) in [6.45, 7) is 0. The Morgan fingerprint density at radius 3 is 1.71 bits per heavy atom. The molecule has 1 heterocycles. The van der Waals surface area contributed by atoms with Crippen LogP contribution < -0.4 is 25.8 Å². The maximum absolute atomic E-state index is 12.9. The number of tetrazole rings is 1. The van der Waals surface area contributed by atoms with Crippen LogP contribution in [0.2, 0.25) is 0 Å². The van der Waals surface area contributed by atoms with Gasteiger partial charge in [-0.2, -0.15) is 0 Å². The standard InChI is InChI=1S/C30H27N4O3P/c1-36-24-20-18-23(19-21-24)30-31-33-34(32-30)28(22-29(35)37-2)38(25-12-6-3-7-13-25,26-14-8-4-9-15-26)27-16-10-5-11-17-27/h3-22,28H,1-2H3/b29-22+. The fourth-order valence-corrected chi connectivity index (χ4v) is 9.10. The number of hydrogen-bond donors (Lipinski definition) is 0. The quantitative estimate of drug-likeness (QED) is 0.217. The topological polar surface area (TPSA) is 85.1 Å². The number of nitrogens with zero attached hydrogens (tertiary/aromatic N) is 4. The lowest BCUT2D eigenvalue weighted by Crippen LogP contribution is -2.37. The predicted molar refractivity (Wildman–Crippen MR) is 149 cm³/mol. The van der Waals surface area contributed by atoms with Gasteiger partial charge in [-0.15, -0.1) is 15.0 Å². The van der Waals surface area contributed by atoms with E-state index in [4.69, 9.17) is 14.6 Å². The van der Waals surface area contributed by atoms with Crippen molar-refractivity contribution in [3.63, 3.8) is 0 Å². The van der Waals surface area contributed by atoms with Crippen LogP contribution in [0, 0.1) is 0 Å². The fourth-order valence-electron chi connectivity index (χ4n) is 4.61. The van der Waals surface area contributed by atoms with Gasteiger partial charge in [0.05, 0.1) is 13.1 Å². The molecule has 5 rings (SSSR count). The SMILES string of the molecule is CO/C([O-])=C/C(n1nnc(-c2ccc(OC)cc2)n1)[P+](c1ccccc1)(c1ccccc1)c1ccccc1. The molecule has 8 heteroatoms. The van der Waals surface area contributed by atoms with Crippen LogP contribution in [0.15, 0.2) is 127 Å². The van der Waals surface area contributed by atoms with Gasteiger partial charge in [-0.25, -0.2) is 0 Å². The molecule has 1 atom stereocenters. The Labute approximate surface area is 222 Å². The predicted octanol–water partition coefficient (Wildman–Crippen LogP) is 3.69. The van der Waals surface area contributed by atoms with Crippen LogP contribution in [0.25, 0.3) is 11.4 Å². The van der Waals surface area contributed by atoms with Crippen molar-refractivity contribution in [3.05, 3.63) is 127 Å². The molecule has 1 unspecified atom stereocenters. The molecule has 38 heavy (non-hydrogen) atoms. The minimum absolute atomic E-state index is 0.447. The lowest BCUT2D eigenvalue weighted by atomic mass is 10.2. The first-order valence-corrected chi connectivity index (χ1v) is 13.9. The minimum atomic E-state index is -2.62. The van der Waals surface area contributed by atoms with Gasteiger partial charge >= 0.3 is 0 Å². The molecule has 0 radical (unpaired) electrons. The first-order chi connectivity index (χ1) is 18.7. The zero-order valence-corrected chi connectivity index (χ0v) is 22.0. The zero-order chi connectivity index (χ0) is 26.4. The third-order valence-electron chi connectivity index (χ3n) is 6.39. The molecule has 0 spiro atoms. The van der Waals surface area contributed by atoms with E-state index in [1.54, 1.807) is 18.0 Å². The average Bonchev–Trinajstić information content (AvgIpc) is 3.49. The first-order valence-electron chi connectivity index (χ1n) is 12.1. The minimum Gasteiger partial charge on any atom is -0.617 e. The zero-order valence-electron chi connectivity index (χ0n) is 21.1. The van der Waals surface area contributed by atoms with Crippen LogP contribution in [-0.2, 0) is 4.74 Å². The van der Waals surface area contributed by atoms with E-state index in [-0.39, 0.29) is 0 Å². The van der Waals surface area contributed by atoms with Crippen molar-refractivity contribution in [2.24, 2.45) is 0 Å². The van der Waals surface area contributed by atoms with Crippen LogP contribution in [0.3, 0.4) is 0 Å². The molecule has 0 bridgehead atoms. The second kappa shape index (κ2) is 11.3. The van der Waals surface area contributed by atoms with Gasteiger partial charge in [0, 0.05) is 11.6 Å². The highest BCUT2D eigenvalue weighted by Gasteiger charge is 2.54. The summed E-state index contributed by atoms with van der Waals surface area (Å²) in [7, 11) is 0.376. The number of rotatable bonds is 9. The molecule has 0 saturated carbocycles. The number of hydrogen-bond acceptors (Lipinski definition) is 6. The van der Waals surface area contributed by atoms with E-state index in [0.29, 0.717) is 5.82 Å². The summed E-state index contributed by atoms with van der Waals surface area (Å²) in [4.78, 5) is 1.55. The first kappa shape index (κ1) is 25.2. The molecule has 190 valence electrons. The number of methoxy groups -OCH3 is 2. The molecular formula is C30H27N4O3P. The Morgan fingerprint density at radius 1 is 0.763 bits per heavy atom. The van der Waals surface area contributed by atoms with E-state index in [2.05, 4.69) is 46.7 Å². The van der Waals surface area contributed by atoms with Gasteiger partial charge in [-0.1, -0.05) is 54.6 Å². The average molecular weight is 523 g/mol. The Kier molecular flexibility index (Phi) is 7.47. The van der Waals surface area contributed by atoms with Crippen LogP contribution in [-0.4, -0.2) is 34.4 Å². The highest BCUT2D eigenvalue weighted by atomic mass is 31.2. The normalized spacial score (nSPS) is 12.6. The Balaban J connectivity index is 1.79. The van der Waals surface area contributed by atoms with Crippen LogP contribution in [0.4, 0.5) is 0 Å². The van der Waals surface area contributed by atoms with Crippen molar-refractivity contribution in [3.8, 4) is 17.1 Å². The van der Waals surface area contributed by atoms with E-state index in [0.717, 1.165) is 27.2 Å². The van der Waals surface area contributed by atoms with E-state index >= 15 is 0 Å². The summed E-state index contributed by atoms with van der Waals surface area (Å²) in [5.41, 5.74) is 0.789. The van der Waals surface area contributed by atoms with Crippen molar-refractivity contribution in [1.29, 1.82) is 0 Å². The number of aromatic nitrogens is 4. The molecule has 0 amide bonds. The molecule has 0 aliphatic heterocycles. The van der Waals surface area contributed by atoms with E-state index in [1.807, 2.05) is 78.9 Å². The lowest BCUT2D eigenvalue weighted by molar-refractivity contribution is -0.353. The van der Waals surface area contributed by atoms with Crippen LogP contribution >= 0.6 is 7.26 Å². The van der Waals surface area contributed by atoms with Gasteiger partial charge in [0.1, 0.15) is 28.9 Å². The summed E-state index contributed by atoms with van der Waals surface area (Å²) < 4.78 is 10.4. The summed E-state index contributed by atoms with van der Waals surface area (Å²) in [5, 5.41) is 29.8. The van der Waals surface area contributed by atoms with Gasteiger partial charge in [0.2, 0.25) is 11.6 Å². The third-order valence-corrected chi connectivity index (χ3v) is 10.9. The Hall–Kier alpha value is -4.48. The Morgan fingerprint density at radius 2 is 1.26 bits per heavy atom. The van der Waals surface area contributed by atoms with Gasteiger partial charge in [-0.05, 0) is 73.0 Å². The van der Waals surface area contributed by atoms with Crippen molar-refractivity contribution in [1.82, 2.24) is 20.2 Å². The van der Waals surface area contributed by atoms with Crippen molar-refractivity contribution in [2.45, 2.75) is 5.78 Å². The largest absolute Gasteiger partial charge is 0.617 e. The monoisotopic (exact) mass is 522 g/mol. The molecular weight excluding hydrogens is 495 g/mol. The van der Waals surface area contributed by atoms with E-state index in [1.165, 1.54) is 7.11 Å². The van der Waals surface area contributed by atoms with Gasteiger partial charge in [0.25, 0.3) is 0 Å². The smallest absolute Gasteiger partial charge is 0.214 e. The summed E-state index contributed by atoms with van der Waals surface area (Å²) in [6.07, 6.45) is 1.57. The molecule has 0 aliphatic carbocycles. The van der Waals surface area contributed by atoms with Crippen LogP contribution in [0.5, 0.6) is 5.75 Å². The molecule has 1 aromatic heterocycles. The summed E-state index contributed by atoms with van der Waals surface area (Å²) in [5.74, 6) is 0.107. The maximum Gasteiger partial charge on any atom is 0.214 e. The molecule has 0 saturated heterocycles. The second-order valence-electron chi connectivity index (χ2n) is 8.49. The number of allylic oxidation sites excluding steroid dienone is 1. The highest BCUT2D eigenvalue weighted by molar-refractivity contribution is 7.95. The van der Waals surface area contributed by atoms with Gasteiger partial charge < -0.3 is 14.6 Å². The maximum atomic E-state index is 12.9. The summed E-state index contributed by atoms with van der Waals surface area (Å²) >= 11 is 0. The number of benzene rings is 4. The molecule has 4 aromatic carbocycles. The molecule has 5 aromatic rings. The van der Waals surface area contributed by atoms with Crippen molar-refractivity contribution < 1.29 is 14.6 Å². The molecule has 0 aliphatic rings. The highest BCUT2D eigenvalue weighted by Crippen LogP contribution is 2.65. The molecule has 0 N–H and O–H groups in total.